The average molecular weight is 259 g/mol. The maximum atomic E-state index is 4.51. The van der Waals surface area contributed by atoms with Crippen LogP contribution in [0.3, 0.4) is 0 Å². The summed E-state index contributed by atoms with van der Waals surface area (Å²) >= 11 is 0. The summed E-state index contributed by atoms with van der Waals surface area (Å²) in [5, 5.41) is 0. The fraction of sp³-hybridized carbons (Fsp3) is 0.105. The SMILES string of the molecule is Cc1ccc(-c2ccnc(-c3ccccc3C)c2)cc1. The molecular formula is C19H17N. The predicted molar refractivity (Wildman–Crippen MR) is 84.6 cm³/mol. The van der Waals surface area contributed by atoms with Gasteiger partial charge in [-0.2, -0.15) is 0 Å². The van der Waals surface area contributed by atoms with Crippen LogP contribution in [0.4, 0.5) is 0 Å². The number of nitrogens with zero attached hydrogens (tertiary/aromatic N) is 1. The van der Waals surface area contributed by atoms with Gasteiger partial charge in [-0.05, 0) is 42.7 Å². The van der Waals surface area contributed by atoms with Crippen molar-refractivity contribution in [2.75, 3.05) is 0 Å². The van der Waals surface area contributed by atoms with Crippen LogP contribution in [-0.4, -0.2) is 4.98 Å². The Labute approximate surface area is 119 Å². The van der Waals surface area contributed by atoms with Crippen LogP contribution in [0.1, 0.15) is 11.1 Å². The van der Waals surface area contributed by atoms with E-state index in [1.165, 1.54) is 27.8 Å². The zero-order chi connectivity index (χ0) is 13.9. The van der Waals surface area contributed by atoms with E-state index in [1.54, 1.807) is 0 Å². The van der Waals surface area contributed by atoms with Gasteiger partial charge in [-0.25, -0.2) is 0 Å². The summed E-state index contributed by atoms with van der Waals surface area (Å²) in [6.07, 6.45) is 1.89. The molecule has 0 amide bonds. The highest BCUT2D eigenvalue weighted by Crippen LogP contribution is 2.26. The van der Waals surface area contributed by atoms with Crippen molar-refractivity contribution in [1.82, 2.24) is 4.98 Å². The molecule has 0 saturated heterocycles. The van der Waals surface area contributed by atoms with Crippen molar-refractivity contribution in [3.8, 4) is 22.4 Å². The normalized spacial score (nSPS) is 10.5. The van der Waals surface area contributed by atoms with Gasteiger partial charge in [0.25, 0.3) is 0 Å². The minimum Gasteiger partial charge on any atom is -0.256 e. The second-order valence-corrected chi connectivity index (χ2v) is 5.11. The zero-order valence-electron chi connectivity index (χ0n) is 11.8. The van der Waals surface area contributed by atoms with Gasteiger partial charge in [0, 0.05) is 11.8 Å². The van der Waals surface area contributed by atoms with E-state index in [1.807, 2.05) is 6.20 Å². The Hall–Kier alpha value is -2.41. The van der Waals surface area contributed by atoms with Gasteiger partial charge >= 0.3 is 0 Å². The third kappa shape index (κ3) is 2.48. The average Bonchev–Trinajstić information content (AvgIpc) is 2.49. The van der Waals surface area contributed by atoms with Crippen LogP contribution in [0.15, 0.2) is 66.9 Å². The smallest absolute Gasteiger partial charge is 0.0710 e. The van der Waals surface area contributed by atoms with E-state index < -0.39 is 0 Å². The molecule has 1 nitrogen and oxygen atoms in total. The molecule has 0 aliphatic heterocycles. The molecule has 2 aromatic carbocycles. The molecule has 0 saturated carbocycles. The van der Waals surface area contributed by atoms with Crippen LogP contribution in [-0.2, 0) is 0 Å². The Bertz CT molecular complexity index is 727. The predicted octanol–water partition coefficient (Wildman–Crippen LogP) is 5.03. The molecule has 3 rings (SSSR count). The van der Waals surface area contributed by atoms with E-state index in [4.69, 9.17) is 0 Å². The summed E-state index contributed by atoms with van der Waals surface area (Å²) in [7, 11) is 0. The molecule has 0 bridgehead atoms. The minimum atomic E-state index is 1.03. The molecule has 20 heavy (non-hydrogen) atoms. The second-order valence-electron chi connectivity index (χ2n) is 5.11. The van der Waals surface area contributed by atoms with Crippen molar-refractivity contribution in [1.29, 1.82) is 0 Å². The molecule has 0 unspecified atom stereocenters. The van der Waals surface area contributed by atoms with Gasteiger partial charge in [0.15, 0.2) is 0 Å². The Morgan fingerprint density at radius 3 is 2.25 bits per heavy atom. The largest absolute Gasteiger partial charge is 0.256 e. The van der Waals surface area contributed by atoms with E-state index in [-0.39, 0.29) is 0 Å². The Kier molecular flexibility index (Phi) is 3.34. The summed E-state index contributed by atoms with van der Waals surface area (Å²) in [6, 6.07) is 21.2. The van der Waals surface area contributed by atoms with Gasteiger partial charge in [-0.15, -0.1) is 0 Å². The van der Waals surface area contributed by atoms with E-state index >= 15 is 0 Å². The Balaban J connectivity index is 2.06. The maximum absolute atomic E-state index is 4.51. The van der Waals surface area contributed by atoms with Crippen molar-refractivity contribution < 1.29 is 0 Å². The summed E-state index contributed by atoms with van der Waals surface area (Å²) in [6.45, 7) is 4.23. The fourth-order valence-electron chi connectivity index (χ4n) is 2.36. The monoisotopic (exact) mass is 259 g/mol. The number of aryl methyl sites for hydroxylation is 2. The third-order valence-corrected chi connectivity index (χ3v) is 3.57. The number of pyridine rings is 1. The molecule has 1 aromatic heterocycles. The lowest BCUT2D eigenvalue weighted by Gasteiger charge is -2.07. The Morgan fingerprint density at radius 2 is 1.50 bits per heavy atom. The molecule has 0 fully saturated rings. The van der Waals surface area contributed by atoms with Gasteiger partial charge in [-0.3, -0.25) is 4.98 Å². The van der Waals surface area contributed by atoms with E-state index in [0.717, 1.165) is 5.69 Å². The highest BCUT2D eigenvalue weighted by atomic mass is 14.7. The second kappa shape index (κ2) is 5.30. The number of rotatable bonds is 2. The van der Waals surface area contributed by atoms with Gasteiger partial charge in [0.2, 0.25) is 0 Å². The van der Waals surface area contributed by atoms with Crippen molar-refractivity contribution in [2.45, 2.75) is 13.8 Å². The van der Waals surface area contributed by atoms with Crippen molar-refractivity contribution in [3.63, 3.8) is 0 Å². The quantitative estimate of drug-likeness (QED) is 0.628. The molecule has 0 aliphatic carbocycles. The molecule has 0 radical (unpaired) electrons. The van der Waals surface area contributed by atoms with Crippen molar-refractivity contribution in [3.05, 3.63) is 78.0 Å². The first-order valence-electron chi connectivity index (χ1n) is 6.83. The number of aromatic nitrogens is 1. The Morgan fingerprint density at radius 1 is 0.750 bits per heavy atom. The number of hydrogen-bond donors (Lipinski definition) is 0. The lowest BCUT2D eigenvalue weighted by molar-refractivity contribution is 1.30. The van der Waals surface area contributed by atoms with Gasteiger partial charge in [-0.1, -0.05) is 54.1 Å². The highest BCUT2D eigenvalue weighted by molar-refractivity contribution is 5.71. The van der Waals surface area contributed by atoms with Crippen LogP contribution in [0.5, 0.6) is 0 Å². The molecule has 3 aromatic rings. The molecule has 0 aliphatic rings. The first-order chi connectivity index (χ1) is 9.74. The highest BCUT2D eigenvalue weighted by Gasteiger charge is 2.04. The summed E-state index contributed by atoms with van der Waals surface area (Å²) in [5.41, 5.74) is 7.19. The molecule has 0 N–H and O–H groups in total. The standard InChI is InChI=1S/C19H17N/c1-14-7-9-16(10-8-14)17-11-12-20-19(13-17)18-6-4-3-5-15(18)2/h3-13H,1-2H3. The molecule has 1 heterocycles. The first-order valence-corrected chi connectivity index (χ1v) is 6.83. The zero-order valence-corrected chi connectivity index (χ0v) is 11.8. The van der Waals surface area contributed by atoms with Crippen molar-refractivity contribution >= 4 is 0 Å². The molecule has 0 atom stereocenters. The molecule has 0 spiro atoms. The number of benzene rings is 2. The molecular weight excluding hydrogens is 242 g/mol. The third-order valence-electron chi connectivity index (χ3n) is 3.57. The van der Waals surface area contributed by atoms with E-state index in [9.17, 15) is 0 Å². The fourth-order valence-corrected chi connectivity index (χ4v) is 2.36. The molecule has 98 valence electrons. The van der Waals surface area contributed by atoms with Crippen LogP contribution < -0.4 is 0 Å². The van der Waals surface area contributed by atoms with Crippen molar-refractivity contribution in [2.24, 2.45) is 0 Å². The summed E-state index contributed by atoms with van der Waals surface area (Å²) in [5.74, 6) is 0. The van der Waals surface area contributed by atoms with Crippen LogP contribution in [0, 0.1) is 13.8 Å². The van der Waals surface area contributed by atoms with Crippen LogP contribution >= 0.6 is 0 Å². The number of hydrogen-bond acceptors (Lipinski definition) is 1. The lowest BCUT2D eigenvalue weighted by Crippen LogP contribution is -1.88. The van der Waals surface area contributed by atoms with Crippen LogP contribution in [0.2, 0.25) is 0 Å². The van der Waals surface area contributed by atoms with E-state index in [0.29, 0.717) is 0 Å². The van der Waals surface area contributed by atoms with Gasteiger partial charge in [0.1, 0.15) is 0 Å². The lowest BCUT2D eigenvalue weighted by atomic mass is 10.0. The maximum Gasteiger partial charge on any atom is 0.0710 e. The van der Waals surface area contributed by atoms with E-state index in [2.05, 4.69) is 79.5 Å². The topological polar surface area (TPSA) is 12.9 Å². The minimum absolute atomic E-state index is 1.03. The van der Waals surface area contributed by atoms with Gasteiger partial charge in [0.05, 0.1) is 5.69 Å². The molecule has 1 heteroatoms. The summed E-state index contributed by atoms with van der Waals surface area (Å²) < 4.78 is 0. The summed E-state index contributed by atoms with van der Waals surface area (Å²) in [4.78, 5) is 4.51. The van der Waals surface area contributed by atoms with Gasteiger partial charge < -0.3 is 0 Å². The first kappa shape index (κ1) is 12.6. The van der Waals surface area contributed by atoms with Crippen LogP contribution in [0.25, 0.3) is 22.4 Å².